The zero-order valence-corrected chi connectivity index (χ0v) is 13.1. The number of hydrogen-bond acceptors (Lipinski definition) is 5. The second kappa shape index (κ2) is 6.51. The molecular weight excluding hydrogens is 290 g/mol. The van der Waals surface area contributed by atoms with Crippen LogP contribution in [-0.2, 0) is 19.9 Å². The van der Waals surface area contributed by atoms with Crippen LogP contribution in [0.1, 0.15) is 32.6 Å². The third-order valence-corrected chi connectivity index (χ3v) is 6.38. The molecule has 2 unspecified atom stereocenters. The Kier molecular flexibility index (Phi) is 5.78. The zero-order valence-electron chi connectivity index (χ0n) is 11.4. The highest BCUT2D eigenvalue weighted by molar-refractivity contribution is 7.93. The summed E-state index contributed by atoms with van der Waals surface area (Å²) < 4.78 is 48.0. The lowest BCUT2D eigenvalue weighted by molar-refractivity contribution is 0.132. The molecule has 1 aliphatic rings. The predicted molar refractivity (Wildman–Crippen MR) is 74.1 cm³/mol. The number of sulfone groups is 1. The van der Waals surface area contributed by atoms with Crippen LogP contribution in [0.2, 0.25) is 0 Å². The molecule has 0 bridgehead atoms. The van der Waals surface area contributed by atoms with Gasteiger partial charge in [0.05, 0.1) is 17.6 Å². The van der Waals surface area contributed by atoms with E-state index in [-0.39, 0.29) is 17.5 Å². The van der Waals surface area contributed by atoms with Gasteiger partial charge in [0.1, 0.15) is 9.84 Å². The average molecular weight is 313 g/mol. The third kappa shape index (κ3) is 5.76. The Hall–Kier alpha value is -0.180. The van der Waals surface area contributed by atoms with Crippen LogP contribution in [-0.4, -0.2) is 62.7 Å². The van der Waals surface area contributed by atoms with E-state index in [1.807, 2.05) is 0 Å². The monoisotopic (exact) mass is 313 g/mol. The van der Waals surface area contributed by atoms with Gasteiger partial charge in [0, 0.05) is 18.8 Å². The first-order valence-electron chi connectivity index (χ1n) is 6.47. The molecule has 0 aliphatic carbocycles. The number of rotatable bonds is 6. The largest absolute Gasteiger partial charge is 0.393 e. The third-order valence-electron chi connectivity index (χ3n) is 3.26. The second-order valence-electron chi connectivity index (χ2n) is 5.29. The SMILES string of the molecule is CC(O)CC1CCCCN1S(=O)(=O)CCS(C)(=O)=O. The van der Waals surface area contributed by atoms with Crippen molar-refractivity contribution in [1.82, 2.24) is 4.31 Å². The van der Waals surface area contributed by atoms with Crippen LogP contribution in [0.4, 0.5) is 0 Å². The zero-order chi connectivity index (χ0) is 14.7. The Balaban J connectivity index is 2.78. The lowest BCUT2D eigenvalue weighted by atomic mass is 10.00. The van der Waals surface area contributed by atoms with E-state index in [9.17, 15) is 21.9 Å². The standard InChI is InChI=1S/C11H23NO5S2/c1-10(13)9-11-5-3-4-6-12(11)19(16,17)8-7-18(2,14)15/h10-11,13H,3-9H2,1-2H3. The Bertz CT molecular complexity index is 483. The molecule has 0 spiro atoms. The van der Waals surface area contributed by atoms with Gasteiger partial charge in [0.25, 0.3) is 0 Å². The lowest BCUT2D eigenvalue weighted by Crippen LogP contribution is -2.46. The van der Waals surface area contributed by atoms with Crippen molar-refractivity contribution in [1.29, 1.82) is 0 Å². The Morgan fingerprint density at radius 3 is 2.37 bits per heavy atom. The summed E-state index contributed by atoms with van der Waals surface area (Å²) in [5, 5.41) is 9.43. The van der Waals surface area contributed by atoms with E-state index < -0.39 is 26.0 Å². The van der Waals surface area contributed by atoms with Gasteiger partial charge in [-0.2, -0.15) is 4.31 Å². The molecule has 1 rings (SSSR count). The maximum absolute atomic E-state index is 12.2. The Morgan fingerprint density at radius 1 is 1.21 bits per heavy atom. The first kappa shape index (κ1) is 16.9. The molecule has 0 amide bonds. The summed E-state index contributed by atoms with van der Waals surface area (Å²) in [6.07, 6.45) is 3.33. The molecule has 0 aromatic heterocycles. The first-order chi connectivity index (χ1) is 8.62. The van der Waals surface area contributed by atoms with Crippen LogP contribution in [0.15, 0.2) is 0 Å². The van der Waals surface area contributed by atoms with Gasteiger partial charge in [-0.3, -0.25) is 0 Å². The number of aliphatic hydroxyl groups excluding tert-OH is 1. The number of sulfonamides is 1. The maximum Gasteiger partial charge on any atom is 0.215 e. The molecular formula is C11H23NO5S2. The fourth-order valence-electron chi connectivity index (χ4n) is 2.34. The quantitative estimate of drug-likeness (QED) is 0.744. The summed E-state index contributed by atoms with van der Waals surface area (Å²) in [5.41, 5.74) is 0. The fourth-order valence-corrected chi connectivity index (χ4v) is 5.68. The van der Waals surface area contributed by atoms with Crippen LogP contribution < -0.4 is 0 Å². The molecule has 1 N–H and O–H groups in total. The smallest absolute Gasteiger partial charge is 0.215 e. The molecule has 2 atom stereocenters. The summed E-state index contributed by atoms with van der Waals surface area (Å²) in [5.74, 6) is -0.727. The molecule has 19 heavy (non-hydrogen) atoms. The van der Waals surface area contributed by atoms with E-state index in [1.165, 1.54) is 4.31 Å². The second-order valence-corrected chi connectivity index (χ2v) is 9.59. The van der Waals surface area contributed by atoms with E-state index in [0.29, 0.717) is 13.0 Å². The normalized spacial score (nSPS) is 24.3. The van der Waals surface area contributed by atoms with Gasteiger partial charge in [-0.1, -0.05) is 6.42 Å². The minimum Gasteiger partial charge on any atom is -0.393 e. The van der Waals surface area contributed by atoms with E-state index in [0.717, 1.165) is 25.5 Å². The molecule has 8 heteroatoms. The van der Waals surface area contributed by atoms with Crippen LogP contribution in [0.3, 0.4) is 0 Å². The van der Waals surface area contributed by atoms with Crippen LogP contribution in [0.5, 0.6) is 0 Å². The van der Waals surface area contributed by atoms with Crippen molar-refractivity contribution in [3.8, 4) is 0 Å². The maximum atomic E-state index is 12.2. The van der Waals surface area contributed by atoms with Crippen molar-refractivity contribution in [3.05, 3.63) is 0 Å². The average Bonchev–Trinajstić information content (AvgIpc) is 2.25. The highest BCUT2D eigenvalue weighted by atomic mass is 32.2. The highest BCUT2D eigenvalue weighted by Gasteiger charge is 2.33. The van der Waals surface area contributed by atoms with E-state index >= 15 is 0 Å². The summed E-state index contributed by atoms with van der Waals surface area (Å²) in [4.78, 5) is 0. The van der Waals surface area contributed by atoms with E-state index in [4.69, 9.17) is 0 Å². The van der Waals surface area contributed by atoms with Crippen molar-refractivity contribution in [3.63, 3.8) is 0 Å². The fraction of sp³-hybridized carbons (Fsp3) is 1.00. The number of nitrogens with zero attached hydrogens (tertiary/aromatic N) is 1. The van der Waals surface area contributed by atoms with Crippen molar-refractivity contribution in [2.24, 2.45) is 0 Å². The van der Waals surface area contributed by atoms with Gasteiger partial charge >= 0.3 is 0 Å². The van der Waals surface area contributed by atoms with Gasteiger partial charge in [-0.15, -0.1) is 0 Å². The predicted octanol–water partition coefficient (Wildman–Crippen LogP) is -0.0138. The topological polar surface area (TPSA) is 91.8 Å². The molecule has 0 aromatic rings. The molecule has 1 saturated heterocycles. The number of hydrogen-bond donors (Lipinski definition) is 1. The summed E-state index contributed by atoms with van der Waals surface area (Å²) in [7, 11) is -6.86. The van der Waals surface area contributed by atoms with Gasteiger partial charge in [-0.05, 0) is 26.2 Å². The molecule has 6 nitrogen and oxygen atoms in total. The molecule has 1 heterocycles. The summed E-state index contributed by atoms with van der Waals surface area (Å²) in [6, 6.07) is -0.210. The molecule has 114 valence electrons. The number of aliphatic hydroxyl groups is 1. The summed E-state index contributed by atoms with van der Waals surface area (Å²) in [6.45, 7) is 2.05. The van der Waals surface area contributed by atoms with E-state index in [1.54, 1.807) is 6.92 Å². The van der Waals surface area contributed by atoms with Crippen molar-refractivity contribution in [2.75, 3.05) is 24.3 Å². The lowest BCUT2D eigenvalue weighted by Gasteiger charge is -2.35. The molecule has 0 saturated carbocycles. The van der Waals surface area contributed by atoms with Gasteiger partial charge in [0.2, 0.25) is 10.0 Å². The minimum absolute atomic E-state index is 0.210. The van der Waals surface area contributed by atoms with Crippen molar-refractivity contribution >= 4 is 19.9 Å². The molecule has 0 aromatic carbocycles. The van der Waals surface area contributed by atoms with Crippen LogP contribution in [0.25, 0.3) is 0 Å². The van der Waals surface area contributed by atoms with Crippen molar-refractivity contribution in [2.45, 2.75) is 44.8 Å². The Labute approximate surface area is 115 Å². The van der Waals surface area contributed by atoms with Crippen molar-refractivity contribution < 1.29 is 21.9 Å². The molecule has 1 aliphatic heterocycles. The highest BCUT2D eigenvalue weighted by Crippen LogP contribution is 2.24. The summed E-state index contributed by atoms with van der Waals surface area (Å²) >= 11 is 0. The van der Waals surface area contributed by atoms with E-state index in [2.05, 4.69) is 0 Å². The van der Waals surface area contributed by atoms with Gasteiger partial charge < -0.3 is 5.11 Å². The minimum atomic E-state index is -3.57. The molecule has 0 radical (unpaired) electrons. The first-order valence-corrected chi connectivity index (χ1v) is 10.1. The number of piperidine rings is 1. The van der Waals surface area contributed by atoms with Crippen LogP contribution in [0, 0.1) is 0 Å². The van der Waals surface area contributed by atoms with Gasteiger partial charge in [-0.25, -0.2) is 16.8 Å². The van der Waals surface area contributed by atoms with Gasteiger partial charge in [0.15, 0.2) is 0 Å². The molecule has 1 fully saturated rings. The van der Waals surface area contributed by atoms with Crippen LogP contribution >= 0.6 is 0 Å². The Morgan fingerprint density at radius 2 is 1.84 bits per heavy atom.